The number of nitrogens with zero attached hydrogens (tertiary/aromatic N) is 3. The number of carbonyl (C=O) groups is 1. The predicted molar refractivity (Wildman–Crippen MR) is 99.9 cm³/mol. The molecule has 0 saturated heterocycles. The first-order chi connectivity index (χ1) is 12.4. The number of carbonyl (C=O) groups excluding carboxylic acids is 1. The molecule has 26 heavy (non-hydrogen) atoms. The van der Waals surface area contributed by atoms with Gasteiger partial charge in [0.1, 0.15) is 5.69 Å². The molecule has 5 nitrogen and oxygen atoms in total. The van der Waals surface area contributed by atoms with Crippen LogP contribution < -0.4 is 5.73 Å². The van der Waals surface area contributed by atoms with Gasteiger partial charge in [-0.15, -0.1) is 0 Å². The van der Waals surface area contributed by atoms with Crippen LogP contribution in [-0.2, 0) is 12.0 Å². The van der Waals surface area contributed by atoms with Crippen LogP contribution in [0.4, 0.5) is 4.39 Å². The minimum absolute atomic E-state index is 0.0764. The molecule has 4 rings (SSSR count). The van der Waals surface area contributed by atoms with E-state index >= 15 is 0 Å². The van der Waals surface area contributed by atoms with E-state index in [0.29, 0.717) is 32.3 Å². The number of thioether (sulfide) groups is 1. The molecule has 3 heterocycles. The Hall–Kier alpha value is -1.99. The van der Waals surface area contributed by atoms with Gasteiger partial charge in [0.2, 0.25) is 5.95 Å². The van der Waals surface area contributed by atoms with Gasteiger partial charge in [0.05, 0.1) is 10.6 Å². The van der Waals surface area contributed by atoms with Gasteiger partial charge >= 0.3 is 0 Å². The van der Waals surface area contributed by atoms with Crippen LogP contribution in [0.5, 0.6) is 0 Å². The second kappa shape index (κ2) is 6.32. The van der Waals surface area contributed by atoms with Crippen LogP contribution in [0.25, 0.3) is 0 Å². The summed E-state index contributed by atoms with van der Waals surface area (Å²) in [6.07, 6.45) is 3.83. The van der Waals surface area contributed by atoms with Crippen molar-refractivity contribution in [2.45, 2.75) is 30.6 Å². The van der Waals surface area contributed by atoms with E-state index in [1.54, 1.807) is 30.0 Å². The molecule has 0 radical (unpaired) electrons. The summed E-state index contributed by atoms with van der Waals surface area (Å²) in [6.45, 7) is 1.89. The zero-order chi connectivity index (χ0) is 18.5. The Labute approximate surface area is 159 Å². The van der Waals surface area contributed by atoms with Crippen molar-refractivity contribution >= 4 is 34.3 Å². The van der Waals surface area contributed by atoms with Crippen molar-refractivity contribution in [3.8, 4) is 0 Å². The van der Waals surface area contributed by atoms with E-state index in [0.717, 1.165) is 6.42 Å². The maximum atomic E-state index is 14.5. The quantitative estimate of drug-likeness (QED) is 0.639. The van der Waals surface area contributed by atoms with E-state index in [4.69, 9.17) is 17.3 Å². The maximum absolute atomic E-state index is 14.5. The molecule has 3 atom stereocenters. The number of nitrogens with two attached hydrogens (primary N) is 1. The Bertz CT molecular complexity index is 920. The van der Waals surface area contributed by atoms with E-state index < -0.39 is 11.5 Å². The zero-order valence-corrected chi connectivity index (χ0v) is 15.5. The normalized spacial score (nSPS) is 26.8. The van der Waals surface area contributed by atoms with Crippen LogP contribution in [0.2, 0.25) is 5.02 Å². The largest absolute Gasteiger partial charge is 0.379 e. The summed E-state index contributed by atoms with van der Waals surface area (Å²) in [5.74, 6) is -0.514. The summed E-state index contributed by atoms with van der Waals surface area (Å²) >= 11 is 7.34. The molecule has 8 heteroatoms. The van der Waals surface area contributed by atoms with Gasteiger partial charge in [0, 0.05) is 35.5 Å². The molecule has 0 unspecified atom stereocenters. The van der Waals surface area contributed by atoms with Gasteiger partial charge in [0.25, 0.3) is 0 Å². The van der Waals surface area contributed by atoms with E-state index in [2.05, 4.69) is 15.0 Å². The van der Waals surface area contributed by atoms with Crippen LogP contribution in [0, 0.1) is 11.9 Å². The van der Waals surface area contributed by atoms with Crippen molar-refractivity contribution in [3.63, 3.8) is 0 Å². The summed E-state index contributed by atoms with van der Waals surface area (Å²) in [4.78, 5) is 24.8. The number of halogens is 2. The van der Waals surface area contributed by atoms with Gasteiger partial charge in [-0.1, -0.05) is 23.4 Å². The molecule has 2 aliphatic rings. The molecule has 2 aromatic heterocycles. The summed E-state index contributed by atoms with van der Waals surface area (Å²) in [5.41, 5.74) is 6.50. The smallest absolute Gasteiger partial charge is 0.218 e. The van der Waals surface area contributed by atoms with Crippen molar-refractivity contribution < 1.29 is 9.18 Å². The van der Waals surface area contributed by atoms with E-state index in [1.165, 1.54) is 12.4 Å². The lowest BCUT2D eigenvalue weighted by atomic mass is 9.87. The highest BCUT2D eigenvalue weighted by atomic mass is 35.5. The van der Waals surface area contributed by atoms with E-state index in [-0.39, 0.29) is 18.1 Å². The predicted octanol–water partition coefficient (Wildman–Crippen LogP) is 3.36. The number of aliphatic imine (C=N–C) groups is 1. The molecule has 1 aliphatic heterocycles. The molecular weight excluding hydrogens is 375 g/mol. The van der Waals surface area contributed by atoms with Crippen LogP contribution >= 0.6 is 23.4 Å². The monoisotopic (exact) mass is 390 g/mol. The minimum Gasteiger partial charge on any atom is -0.379 e. The minimum atomic E-state index is -0.741. The van der Waals surface area contributed by atoms with E-state index in [9.17, 15) is 9.18 Å². The highest BCUT2D eigenvalue weighted by Gasteiger charge is 2.55. The summed E-state index contributed by atoms with van der Waals surface area (Å²) in [6, 6.07) is 4.86. The topological polar surface area (TPSA) is 81.2 Å². The first kappa shape index (κ1) is 17.4. The standard InChI is InChI=1S/C18H16ClFN4OS/c1-18(11-6-15(11)26-17(21)24-18)12-4-9(7-23-16(12)20)5-14(25)13-3-2-10(19)8-22-13/h2-4,7-8,11,15H,5-6H2,1H3,(H2,21,24)/t11-,15+,18+/m1/s1. The molecule has 1 aliphatic carbocycles. The van der Waals surface area contributed by atoms with Crippen LogP contribution in [-0.4, -0.2) is 26.2 Å². The third kappa shape index (κ3) is 3.10. The Morgan fingerprint density at radius 2 is 2.23 bits per heavy atom. The average molecular weight is 391 g/mol. The Balaban J connectivity index is 1.64. The number of rotatable bonds is 4. The van der Waals surface area contributed by atoms with Gasteiger partial charge < -0.3 is 5.73 Å². The zero-order valence-electron chi connectivity index (χ0n) is 13.9. The number of hydrogen-bond acceptors (Lipinski definition) is 6. The van der Waals surface area contributed by atoms with Crippen molar-refractivity contribution in [2.24, 2.45) is 16.6 Å². The Kier molecular flexibility index (Phi) is 4.23. The molecule has 1 saturated carbocycles. The lowest BCUT2D eigenvalue weighted by Crippen LogP contribution is -2.32. The molecule has 1 fully saturated rings. The molecule has 2 aromatic rings. The molecule has 0 bridgehead atoms. The molecule has 134 valence electrons. The van der Waals surface area contributed by atoms with Crippen molar-refractivity contribution in [1.29, 1.82) is 0 Å². The van der Waals surface area contributed by atoms with Gasteiger partial charge in [-0.05, 0) is 37.1 Å². The highest BCUT2D eigenvalue weighted by molar-refractivity contribution is 8.14. The Morgan fingerprint density at radius 3 is 2.96 bits per heavy atom. The van der Waals surface area contributed by atoms with E-state index in [1.807, 2.05) is 6.92 Å². The summed E-state index contributed by atoms with van der Waals surface area (Å²) < 4.78 is 14.5. The number of aromatic nitrogens is 2. The second-order valence-corrected chi connectivity index (χ2v) is 8.44. The van der Waals surface area contributed by atoms with Crippen molar-refractivity contribution in [2.75, 3.05) is 0 Å². The summed E-state index contributed by atoms with van der Waals surface area (Å²) in [7, 11) is 0. The molecular formula is C18H16ClFN4OS. The number of pyridine rings is 2. The third-order valence-electron chi connectivity index (χ3n) is 4.89. The highest BCUT2D eigenvalue weighted by Crippen LogP contribution is 2.57. The first-order valence-electron chi connectivity index (χ1n) is 8.18. The molecule has 0 amide bonds. The Morgan fingerprint density at radius 1 is 1.42 bits per heavy atom. The molecule has 0 spiro atoms. The summed E-state index contributed by atoms with van der Waals surface area (Å²) in [5, 5.41) is 1.31. The fraction of sp³-hybridized carbons (Fsp3) is 0.333. The SMILES string of the molecule is C[C@]1(c2cc(CC(=O)c3ccc(Cl)cn3)cnc2F)N=C(N)S[C@H]2C[C@H]21. The number of fused-ring (bicyclic) bond motifs is 1. The number of ketones is 1. The lowest BCUT2D eigenvalue weighted by Gasteiger charge is -2.30. The second-order valence-electron chi connectivity index (χ2n) is 6.74. The van der Waals surface area contributed by atoms with Crippen LogP contribution in [0.3, 0.4) is 0 Å². The van der Waals surface area contributed by atoms with Crippen LogP contribution in [0.1, 0.15) is 35.0 Å². The van der Waals surface area contributed by atoms with Crippen LogP contribution in [0.15, 0.2) is 35.6 Å². The number of Topliss-reactive ketones (excluding diaryl/α,β-unsaturated/α-hetero) is 1. The van der Waals surface area contributed by atoms with Gasteiger partial charge in [0.15, 0.2) is 11.0 Å². The number of hydrogen-bond donors (Lipinski definition) is 1. The first-order valence-corrected chi connectivity index (χ1v) is 9.44. The van der Waals surface area contributed by atoms with Crippen molar-refractivity contribution in [1.82, 2.24) is 9.97 Å². The van der Waals surface area contributed by atoms with Crippen molar-refractivity contribution in [3.05, 3.63) is 58.4 Å². The fourth-order valence-electron chi connectivity index (χ4n) is 3.41. The van der Waals surface area contributed by atoms with Gasteiger partial charge in [-0.2, -0.15) is 4.39 Å². The van der Waals surface area contributed by atoms with Gasteiger partial charge in [-0.25, -0.2) is 4.98 Å². The molecule has 0 aromatic carbocycles. The fourth-order valence-corrected chi connectivity index (χ4v) is 4.80. The molecule has 2 N–H and O–H groups in total. The maximum Gasteiger partial charge on any atom is 0.218 e. The van der Waals surface area contributed by atoms with Gasteiger partial charge in [-0.3, -0.25) is 14.8 Å². The average Bonchev–Trinajstić information content (AvgIpc) is 3.37. The number of amidine groups is 1. The third-order valence-corrected chi connectivity index (χ3v) is 6.27. The lowest BCUT2D eigenvalue weighted by molar-refractivity contribution is 0.0988.